The molecule has 7 aromatic carbocycles. The van der Waals surface area contributed by atoms with E-state index in [4.69, 9.17) is 18.8 Å². The number of para-hydroxylation sites is 3. The summed E-state index contributed by atoms with van der Waals surface area (Å²) < 4.78 is 25.0. The summed E-state index contributed by atoms with van der Waals surface area (Å²) >= 11 is 0. The minimum absolute atomic E-state index is 0.121. The van der Waals surface area contributed by atoms with Crippen molar-refractivity contribution in [3.63, 3.8) is 0 Å². The number of non-ortho nitro benzene ring substituents is 1. The van der Waals surface area contributed by atoms with Gasteiger partial charge in [0.1, 0.15) is 37.1 Å². The summed E-state index contributed by atoms with van der Waals surface area (Å²) in [5, 5.41) is 29.1. The first kappa shape index (κ1) is 44.7. The number of anilines is 1. The van der Waals surface area contributed by atoms with Crippen LogP contribution in [0.1, 0.15) is 22.3 Å². The maximum atomic E-state index is 12.1. The van der Waals surface area contributed by atoms with Gasteiger partial charge in [0.05, 0.1) is 10.6 Å². The van der Waals surface area contributed by atoms with E-state index in [2.05, 4.69) is 132 Å². The van der Waals surface area contributed by atoms with Crippen LogP contribution in [-0.4, -0.2) is 109 Å². The molecule has 11 rings (SSSR count). The fourth-order valence-corrected chi connectivity index (χ4v) is 9.56. The number of nitro benzene ring substituents is 1. The lowest BCUT2D eigenvalue weighted by molar-refractivity contribution is -0.383. The lowest BCUT2D eigenvalue weighted by atomic mass is 9.96. The van der Waals surface area contributed by atoms with Crippen LogP contribution in [0, 0.1) is 10.1 Å². The van der Waals surface area contributed by atoms with E-state index in [-0.39, 0.29) is 11.2 Å². The molecule has 8 aromatic rings. The molecule has 0 fully saturated rings. The summed E-state index contributed by atoms with van der Waals surface area (Å²) in [5.41, 5.74) is 5.55. The van der Waals surface area contributed by atoms with Crippen LogP contribution < -0.4 is 24.4 Å². The average Bonchev–Trinajstić information content (AvgIpc) is 3.86. The van der Waals surface area contributed by atoms with Crippen LogP contribution >= 0.6 is 0 Å². The molecule has 1 N–H and O–H groups in total. The summed E-state index contributed by atoms with van der Waals surface area (Å²) in [5.74, 6) is 2.53. The third kappa shape index (κ3) is 10.4. The Hall–Kier alpha value is -7.10. The summed E-state index contributed by atoms with van der Waals surface area (Å²) in [6.07, 6.45) is 0. The maximum absolute atomic E-state index is 12.1. The second-order valence-electron chi connectivity index (χ2n) is 17.5. The average molecular weight is 913 g/mol. The summed E-state index contributed by atoms with van der Waals surface area (Å²) in [4.78, 5) is 21.3. The van der Waals surface area contributed by atoms with E-state index >= 15 is 0 Å². The van der Waals surface area contributed by atoms with Crippen molar-refractivity contribution in [3.05, 3.63) is 172 Å². The van der Waals surface area contributed by atoms with Gasteiger partial charge in [-0.1, -0.05) is 103 Å². The van der Waals surface area contributed by atoms with Crippen molar-refractivity contribution in [2.45, 2.75) is 26.2 Å². The minimum Gasteiger partial charge on any atom is -0.492 e. The number of hydrogen-bond donors (Lipinski definition) is 1. The highest BCUT2D eigenvalue weighted by Gasteiger charge is 2.25. The van der Waals surface area contributed by atoms with Gasteiger partial charge < -0.3 is 24.4 Å². The lowest BCUT2D eigenvalue weighted by Crippen LogP contribution is -2.42. The summed E-state index contributed by atoms with van der Waals surface area (Å²) in [7, 11) is 0. The normalized spacial score (nSPS) is 18.4. The van der Waals surface area contributed by atoms with Gasteiger partial charge in [0.15, 0.2) is 5.52 Å². The maximum Gasteiger partial charge on any atom is 0.300 e. The lowest BCUT2D eigenvalue weighted by Gasteiger charge is -2.32. The van der Waals surface area contributed by atoms with Crippen molar-refractivity contribution in [2.24, 2.45) is 0 Å². The smallest absolute Gasteiger partial charge is 0.300 e. The van der Waals surface area contributed by atoms with Crippen molar-refractivity contribution < 1.29 is 23.8 Å². The number of nitro groups is 1. The molecule has 14 nitrogen and oxygen atoms in total. The Labute approximate surface area is 395 Å². The van der Waals surface area contributed by atoms with Gasteiger partial charge in [0, 0.05) is 108 Å². The van der Waals surface area contributed by atoms with Gasteiger partial charge in [-0.25, -0.2) is 4.63 Å². The van der Waals surface area contributed by atoms with Gasteiger partial charge >= 0.3 is 5.69 Å². The first-order valence-electron chi connectivity index (χ1n) is 23.6. The molecule has 68 heavy (non-hydrogen) atoms. The molecule has 0 saturated heterocycles. The number of aromatic nitrogens is 2. The second kappa shape index (κ2) is 21.2. The Morgan fingerprint density at radius 2 is 1.10 bits per heavy atom. The van der Waals surface area contributed by atoms with Gasteiger partial charge in [0.25, 0.3) is 0 Å². The van der Waals surface area contributed by atoms with E-state index in [9.17, 15) is 10.1 Å². The zero-order valence-electron chi connectivity index (χ0n) is 38.2. The van der Waals surface area contributed by atoms with Crippen molar-refractivity contribution in [1.82, 2.24) is 30.3 Å². The Morgan fingerprint density at radius 3 is 1.76 bits per heavy atom. The first-order chi connectivity index (χ1) is 33.5. The predicted octanol–water partition coefficient (Wildman–Crippen LogP) is 8.70. The van der Waals surface area contributed by atoms with Crippen LogP contribution in [0.15, 0.2) is 144 Å². The Kier molecular flexibility index (Phi) is 14.0. The number of ether oxygens (including phenoxy) is 3. The van der Waals surface area contributed by atoms with Gasteiger partial charge in [-0.3, -0.25) is 24.8 Å². The zero-order valence-corrected chi connectivity index (χ0v) is 38.2. The summed E-state index contributed by atoms with van der Waals surface area (Å²) in [6.45, 7) is 10.2. The molecule has 0 aliphatic carbocycles. The molecule has 14 heteroatoms. The minimum atomic E-state index is -0.443. The largest absolute Gasteiger partial charge is 0.492 e. The number of hydrogen-bond acceptors (Lipinski definition) is 13. The number of benzene rings is 7. The molecule has 348 valence electrons. The highest BCUT2D eigenvalue weighted by molar-refractivity contribution is 6.02. The van der Waals surface area contributed by atoms with E-state index in [1.165, 1.54) is 33.2 Å². The van der Waals surface area contributed by atoms with Crippen molar-refractivity contribution in [2.75, 3.05) is 83.6 Å². The number of nitrogens with one attached hydrogen (secondary N) is 1. The van der Waals surface area contributed by atoms with Gasteiger partial charge in [0.2, 0.25) is 5.52 Å². The number of nitrogens with zero attached hydrogens (tertiary/aromatic N) is 7. The van der Waals surface area contributed by atoms with Crippen LogP contribution in [0.3, 0.4) is 0 Å². The van der Waals surface area contributed by atoms with Crippen LogP contribution in [0.4, 0.5) is 11.4 Å². The quantitative estimate of drug-likeness (QED) is 0.103. The Bertz CT molecular complexity index is 2940. The van der Waals surface area contributed by atoms with Gasteiger partial charge in [-0.2, -0.15) is 0 Å². The van der Waals surface area contributed by atoms with E-state index in [1.807, 2.05) is 30.3 Å². The molecule has 3 aliphatic rings. The highest BCUT2D eigenvalue weighted by Crippen LogP contribution is 2.34. The third-order valence-electron chi connectivity index (χ3n) is 13.2. The fourth-order valence-electron chi connectivity index (χ4n) is 9.56. The van der Waals surface area contributed by atoms with Gasteiger partial charge in [-0.15, -0.1) is 0 Å². The van der Waals surface area contributed by atoms with E-state index < -0.39 is 4.92 Å². The first-order valence-corrected chi connectivity index (χ1v) is 23.6. The van der Waals surface area contributed by atoms with Gasteiger partial charge in [-0.05, 0) is 67.8 Å². The highest BCUT2D eigenvalue weighted by atomic mass is 16.6. The second-order valence-corrected chi connectivity index (χ2v) is 17.5. The molecular formula is C54H56N8O6. The Morgan fingerprint density at radius 1 is 0.559 bits per heavy atom. The molecule has 1 aromatic heterocycles. The number of rotatable bonds is 4. The van der Waals surface area contributed by atoms with E-state index in [1.54, 1.807) is 6.07 Å². The van der Waals surface area contributed by atoms with Crippen molar-refractivity contribution >= 4 is 44.0 Å². The van der Waals surface area contributed by atoms with Crippen LogP contribution in [0.25, 0.3) is 32.6 Å². The molecule has 0 saturated carbocycles. The molecule has 0 amide bonds. The standard InChI is InChI=1S/C54H56N8O6/c63-62(64)49-22-21-48(53-54(49)57-68-56-53)61-28-27-58-24-23-55-36-42-13-3-8-18-50(42)65-32-29-59(31-34-67-52-20-10-5-15-44(52)38-61)30-33-66-51-19-9-4-14-43(51)37-60(26-25-58)39-47-45-16-6-1-11-40(45)35-41-12-2-7-17-46(41)47/h1-22,35,55H,23-34,36-39H2. The monoisotopic (exact) mass is 912 g/mol. The summed E-state index contributed by atoms with van der Waals surface area (Å²) in [6, 6.07) is 47.8. The predicted molar refractivity (Wildman–Crippen MR) is 265 cm³/mol. The molecule has 0 spiro atoms. The third-order valence-corrected chi connectivity index (χ3v) is 13.2. The molecule has 3 aliphatic heterocycles. The van der Waals surface area contributed by atoms with Crippen LogP contribution in [-0.2, 0) is 26.2 Å². The van der Waals surface area contributed by atoms with Crippen molar-refractivity contribution in [3.8, 4) is 17.2 Å². The fraction of sp³-hybridized carbons (Fsp3) is 0.296. The van der Waals surface area contributed by atoms with Crippen LogP contribution in [0.2, 0.25) is 0 Å². The number of fused-ring (bicyclic) bond motifs is 18. The topological polar surface area (TPSA) is 135 Å². The van der Waals surface area contributed by atoms with E-state index in [0.717, 1.165) is 66.7 Å². The molecule has 2 unspecified atom stereocenters. The van der Waals surface area contributed by atoms with Crippen molar-refractivity contribution in [1.29, 1.82) is 0 Å². The SMILES string of the molecule is O=[N+]([O-])c1ccc(N2CCN3CCNCc4ccccc4OCCN(CCOc4ccccc4CN(Cc4c5ccccc5cc5ccccc45)CC3)CCOc3ccccc3C2)c2nonc12. The Balaban J connectivity index is 1.05. The molecule has 2 atom stereocenters. The molecular weight excluding hydrogens is 857 g/mol. The zero-order chi connectivity index (χ0) is 46.1. The molecule has 2 bridgehead atoms. The van der Waals surface area contributed by atoms with E-state index in [0.29, 0.717) is 83.4 Å². The molecule has 4 heterocycles. The van der Waals surface area contributed by atoms with Crippen LogP contribution in [0.5, 0.6) is 17.2 Å². The molecule has 0 radical (unpaired) electrons.